The van der Waals surface area contributed by atoms with Crippen LogP contribution >= 0.6 is 0 Å². The minimum absolute atomic E-state index is 0.799. The fraction of sp³-hybridized carbons (Fsp3) is 0.800. The van der Waals surface area contributed by atoms with E-state index in [1.165, 1.54) is 70.6 Å². The molecule has 2 aliphatic rings. The molecular weight excluding hydrogens is 240 g/mol. The Kier molecular flexibility index (Phi) is 6.90. The van der Waals surface area contributed by atoms with E-state index in [1.54, 1.807) is 0 Å². The van der Waals surface area contributed by atoms with Gasteiger partial charge in [0.2, 0.25) is 0 Å². The summed E-state index contributed by atoms with van der Waals surface area (Å²) >= 11 is 0. The van der Waals surface area contributed by atoms with Crippen LogP contribution in [0.3, 0.4) is 0 Å². The predicted octanol–water partition coefficient (Wildman–Crippen LogP) is 6.53. The van der Waals surface area contributed by atoms with Gasteiger partial charge in [-0.3, -0.25) is 0 Å². The van der Waals surface area contributed by atoms with Gasteiger partial charge < -0.3 is 0 Å². The second kappa shape index (κ2) is 8.70. The molecule has 0 saturated heterocycles. The quantitative estimate of drug-likeness (QED) is 0.483. The van der Waals surface area contributed by atoms with Crippen molar-refractivity contribution >= 4 is 0 Å². The van der Waals surface area contributed by atoms with E-state index in [9.17, 15) is 0 Å². The van der Waals surface area contributed by atoms with E-state index in [4.69, 9.17) is 0 Å². The summed E-state index contributed by atoms with van der Waals surface area (Å²) in [6.45, 7) is 6.29. The van der Waals surface area contributed by atoms with Gasteiger partial charge in [0.25, 0.3) is 0 Å². The second-order valence-corrected chi connectivity index (χ2v) is 7.21. The highest BCUT2D eigenvalue weighted by Gasteiger charge is 2.19. The van der Waals surface area contributed by atoms with Crippen molar-refractivity contribution in [1.82, 2.24) is 0 Å². The number of rotatable bonds is 6. The van der Waals surface area contributed by atoms with E-state index < -0.39 is 0 Å². The Morgan fingerprint density at radius 2 is 1.45 bits per heavy atom. The van der Waals surface area contributed by atoms with Crippen LogP contribution in [0, 0.1) is 23.7 Å². The number of allylic oxidation sites excluding steroid dienone is 3. The first kappa shape index (κ1) is 15.9. The maximum absolute atomic E-state index is 3.93. The van der Waals surface area contributed by atoms with Crippen molar-refractivity contribution in [3.8, 4) is 0 Å². The van der Waals surface area contributed by atoms with Gasteiger partial charge in [0.1, 0.15) is 0 Å². The van der Waals surface area contributed by atoms with Gasteiger partial charge in [0, 0.05) is 0 Å². The molecule has 0 aromatic rings. The molecule has 0 spiro atoms. The van der Waals surface area contributed by atoms with Gasteiger partial charge in [-0.2, -0.15) is 0 Å². The second-order valence-electron chi connectivity index (χ2n) is 7.21. The molecule has 0 heteroatoms. The molecule has 0 aromatic heterocycles. The van der Waals surface area contributed by atoms with Gasteiger partial charge >= 0.3 is 0 Å². The first-order valence-corrected chi connectivity index (χ1v) is 9.11. The molecule has 0 amide bonds. The Morgan fingerprint density at radius 3 is 2.05 bits per heavy atom. The van der Waals surface area contributed by atoms with Crippen LogP contribution in [0.1, 0.15) is 77.6 Å². The van der Waals surface area contributed by atoms with Crippen LogP contribution in [0.15, 0.2) is 24.8 Å². The lowest BCUT2D eigenvalue weighted by atomic mass is 9.79. The third-order valence-electron chi connectivity index (χ3n) is 5.84. The summed E-state index contributed by atoms with van der Waals surface area (Å²) in [5.41, 5.74) is 0. The summed E-state index contributed by atoms with van der Waals surface area (Å²) in [6, 6.07) is 0. The lowest BCUT2D eigenvalue weighted by molar-refractivity contribution is 0.259. The van der Waals surface area contributed by atoms with E-state index in [1.807, 2.05) is 0 Å². The third-order valence-corrected chi connectivity index (χ3v) is 5.84. The molecule has 0 atom stereocenters. The summed E-state index contributed by atoms with van der Waals surface area (Å²) in [7, 11) is 0. The monoisotopic (exact) mass is 274 g/mol. The van der Waals surface area contributed by atoms with E-state index >= 15 is 0 Å². The smallest absolute Gasteiger partial charge is 0.0233 e. The summed E-state index contributed by atoms with van der Waals surface area (Å²) in [4.78, 5) is 0. The van der Waals surface area contributed by atoms with E-state index in [0.717, 1.165) is 23.7 Å². The standard InChI is InChI=1S/C20H34/c1-3-17-9-13-19(14-10-17)7-5-6-8-20-15-11-18(4-2)12-16-20/h3,5,7,17-20H,1,4,6,8-16H2,2H3/b7-5+. The fourth-order valence-corrected chi connectivity index (χ4v) is 4.12. The SMILES string of the molecule is C=CC1CCC(/C=C/CCC2CCC(CC)CC2)CC1. The first-order valence-electron chi connectivity index (χ1n) is 9.11. The van der Waals surface area contributed by atoms with Crippen LogP contribution in [-0.4, -0.2) is 0 Å². The van der Waals surface area contributed by atoms with Crippen LogP contribution in [-0.2, 0) is 0 Å². The Hall–Kier alpha value is -0.520. The van der Waals surface area contributed by atoms with Gasteiger partial charge in [-0.05, 0) is 62.2 Å². The lowest BCUT2D eigenvalue weighted by Crippen LogP contribution is -2.13. The molecule has 2 fully saturated rings. The minimum atomic E-state index is 0.799. The highest BCUT2D eigenvalue weighted by atomic mass is 14.2. The summed E-state index contributed by atoms with van der Waals surface area (Å²) < 4.78 is 0. The average molecular weight is 274 g/mol. The van der Waals surface area contributed by atoms with Crippen molar-refractivity contribution in [2.75, 3.05) is 0 Å². The molecule has 0 radical (unpaired) electrons. The van der Waals surface area contributed by atoms with Crippen molar-refractivity contribution in [2.24, 2.45) is 23.7 Å². The van der Waals surface area contributed by atoms with Gasteiger partial charge in [0.15, 0.2) is 0 Å². The summed E-state index contributed by atoms with van der Waals surface area (Å²) in [5, 5.41) is 0. The number of hydrogen-bond acceptors (Lipinski definition) is 0. The van der Waals surface area contributed by atoms with Crippen LogP contribution in [0.2, 0.25) is 0 Å². The van der Waals surface area contributed by atoms with E-state index in [-0.39, 0.29) is 0 Å². The number of hydrogen-bond donors (Lipinski definition) is 0. The zero-order valence-electron chi connectivity index (χ0n) is 13.5. The topological polar surface area (TPSA) is 0 Å². The minimum Gasteiger partial charge on any atom is -0.103 e. The fourth-order valence-electron chi connectivity index (χ4n) is 4.12. The van der Waals surface area contributed by atoms with Crippen molar-refractivity contribution in [2.45, 2.75) is 77.6 Å². The van der Waals surface area contributed by atoms with Crippen molar-refractivity contribution < 1.29 is 0 Å². The Bertz CT molecular complexity index is 285. The van der Waals surface area contributed by atoms with Crippen LogP contribution in [0.25, 0.3) is 0 Å². The van der Waals surface area contributed by atoms with Gasteiger partial charge in [0.05, 0.1) is 0 Å². The molecule has 2 rings (SSSR count). The molecule has 0 heterocycles. The van der Waals surface area contributed by atoms with Crippen molar-refractivity contribution in [3.63, 3.8) is 0 Å². The van der Waals surface area contributed by atoms with Gasteiger partial charge in [-0.25, -0.2) is 0 Å². The lowest BCUT2D eigenvalue weighted by Gasteiger charge is -2.27. The van der Waals surface area contributed by atoms with E-state index in [2.05, 4.69) is 31.7 Å². The third kappa shape index (κ3) is 5.11. The molecule has 0 nitrogen and oxygen atoms in total. The molecule has 114 valence electrons. The maximum Gasteiger partial charge on any atom is -0.0233 e. The zero-order valence-corrected chi connectivity index (χ0v) is 13.5. The van der Waals surface area contributed by atoms with Crippen LogP contribution in [0.5, 0.6) is 0 Å². The molecule has 0 N–H and O–H groups in total. The molecule has 2 aliphatic carbocycles. The summed E-state index contributed by atoms with van der Waals surface area (Å²) in [5.74, 6) is 3.73. The Morgan fingerprint density at radius 1 is 0.850 bits per heavy atom. The van der Waals surface area contributed by atoms with E-state index in [0.29, 0.717) is 0 Å². The highest BCUT2D eigenvalue weighted by Crippen LogP contribution is 2.33. The van der Waals surface area contributed by atoms with Crippen LogP contribution < -0.4 is 0 Å². The molecular formula is C20H34. The average Bonchev–Trinajstić information content (AvgIpc) is 2.53. The van der Waals surface area contributed by atoms with Crippen LogP contribution in [0.4, 0.5) is 0 Å². The predicted molar refractivity (Wildman–Crippen MR) is 89.8 cm³/mol. The molecule has 0 bridgehead atoms. The normalized spacial score (nSPS) is 35.2. The highest BCUT2D eigenvalue weighted by molar-refractivity contribution is 4.94. The van der Waals surface area contributed by atoms with Crippen molar-refractivity contribution in [3.05, 3.63) is 24.8 Å². The van der Waals surface area contributed by atoms with Gasteiger partial charge in [-0.15, -0.1) is 6.58 Å². The molecule has 20 heavy (non-hydrogen) atoms. The zero-order chi connectivity index (χ0) is 14.2. The van der Waals surface area contributed by atoms with Crippen molar-refractivity contribution in [1.29, 1.82) is 0 Å². The largest absolute Gasteiger partial charge is 0.103 e. The Labute approximate surface area is 126 Å². The molecule has 0 aromatic carbocycles. The molecule has 2 saturated carbocycles. The molecule has 0 unspecified atom stereocenters. The summed E-state index contributed by atoms with van der Waals surface area (Å²) in [6.07, 6.45) is 22.8. The van der Waals surface area contributed by atoms with Gasteiger partial charge in [-0.1, -0.05) is 57.3 Å². The molecule has 0 aliphatic heterocycles. The first-order chi connectivity index (χ1) is 9.81. The Balaban J connectivity index is 1.57. The maximum atomic E-state index is 3.93.